The van der Waals surface area contributed by atoms with Crippen LogP contribution in [0.15, 0.2) is 34.9 Å². The van der Waals surface area contributed by atoms with Crippen LogP contribution in [0.4, 0.5) is 0 Å². The van der Waals surface area contributed by atoms with Gasteiger partial charge in [-0.1, -0.05) is 34.1 Å². The van der Waals surface area contributed by atoms with Crippen LogP contribution < -0.4 is 0 Å². The van der Waals surface area contributed by atoms with Gasteiger partial charge in [-0.05, 0) is 6.07 Å². The molecule has 1 aromatic carbocycles. The van der Waals surface area contributed by atoms with E-state index < -0.39 is 5.97 Å². The number of hydrogen-bond donors (Lipinski definition) is 2. The topological polar surface area (TPSA) is 66.0 Å². The van der Waals surface area contributed by atoms with Crippen LogP contribution in [0.5, 0.6) is 0 Å². The molecule has 0 aliphatic carbocycles. The fourth-order valence-corrected chi connectivity index (χ4v) is 1.99. The average molecular weight is 281 g/mol. The van der Waals surface area contributed by atoms with Crippen molar-refractivity contribution in [3.63, 3.8) is 0 Å². The molecule has 0 saturated heterocycles. The van der Waals surface area contributed by atoms with Crippen LogP contribution >= 0.6 is 15.9 Å². The van der Waals surface area contributed by atoms with Gasteiger partial charge >= 0.3 is 5.97 Å². The minimum atomic E-state index is -0.866. The van der Waals surface area contributed by atoms with Crippen LogP contribution in [0.25, 0.3) is 11.3 Å². The fourth-order valence-electron chi connectivity index (χ4n) is 1.51. The molecular formula is C11H9BrN2O2. The number of aliphatic carboxylic acids is 1. The van der Waals surface area contributed by atoms with Crippen molar-refractivity contribution in [1.82, 2.24) is 10.2 Å². The van der Waals surface area contributed by atoms with Gasteiger partial charge in [0.05, 0.1) is 18.3 Å². The van der Waals surface area contributed by atoms with Crippen LogP contribution in [0, 0.1) is 0 Å². The normalized spacial score (nSPS) is 10.3. The number of hydrogen-bond acceptors (Lipinski definition) is 2. The van der Waals surface area contributed by atoms with Crippen molar-refractivity contribution in [2.45, 2.75) is 6.42 Å². The van der Waals surface area contributed by atoms with E-state index in [0.29, 0.717) is 5.56 Å². The Morgan fingerprint density at radius 3 is 2.88 bits per heavy atom. The van der Waals surface area contributed by atoms with Gasteiger partial charge in [-0.2, -0.15) is 5.10 Å². The zero-order valence-corrected chi connectivity index (χ0v) is 9.86. The van der Waals surface area contributed by atoms with Gasteiger partial charge in [0.2, 0.25) is 0 Å². The van der Waals surface area contributed by atoms with E-state index in [0.717, 1.165) is 15.7 Å². The van der Waals surface area contributed by atoms with Crippen molar-refractivity contribution < 1.29 is 9.90 Å². The minimum absolute atomic E-state index is 0.0346. The number of aromatic amines is 1. The molecule has 0 atom stereocenters. The standard InChI is InChI=1S/C11H9BrN2O2/c12-9-4-2-1-3-8(9)11-7(5-10(15)16)6-13-14-11/h1-4,6H,5H2,(H,13,14)(H,15,16). The highest BCUT2D eigenvalue weighted by Gasteiger charge is 2.12. The summed E-state index contributed by atoms with van der Waals surface area (Å²) >= 11 is 3.42. The molecular weight excluding hydrogens is 272 g/mol. The summed E-state index contributed by atoms with van der Waals surface area (Å²) in [5.74, 6) is -0.866. The fraction of sp³-hybridized carbons (Fsp3) is 0.0909. The predicted molar refractivity (Wildman–Crippen MR) is 63.1 cm³/mol. The third-order valence-corrected chi connectivity index (χ3v) is 2.89. The lowest BCUT2D eigenvalue weighted by atomic mass is 10.1. The summed E-state index contributed by atoms with van der Waals surface area (Å²) in [6.45, 7) is 0. The molecule has 0 aliphatic heterocycles. The molecule has 1 aromatic heterocycles. The SMILES string of the molecule is O=C(O)Cc1cn[nH]c1-c1ccccc1Br. The van der Waals surface area contributed by atoms with Gasteiger partial charge < -0.3 is 5.11 Å². The maximum absolute atomic E-state index is 10.7. The second-order valence-electron chi connectivity index (χ2n) is 3.32. The lowest BCUT2D eigenvalue weighted by molar-refractivity contribution is -0.136. The van der Waals surface area contributed by atoms with E-state index in [2.05, 4.69) is 26.1 Å². The van der Waals surface area contributed by atoms with Crippen molar-refractivity contribution in [2.75, 3.05) is 0 Å². The van der Waals surface area contributed by atoms with Crippen LogP contribution in [0.2, 0.25) is 0 Å². The Bertz CT molecular complexity index is 522. The number of carboxylic acid groups (broad SMARTS) is 1. The van der Waals surface area contributed by atoms with Crippen molar-refractivity contribution in [1.29, 1.82) is 0 Å². The van der Waals surface area contributed by atoms with Crippen molar-refractivity contribution >= 4 is 21.9 Å². The van der Waals surface area contributed by atoms with Crippen LogP contribution in [0.1, 0.15) is 5.56 Å². The molecule has 2 N–H and O–H groups in total. The number of H-pyrrole nitrogens is 1. The maximum atomic E-state index is 10.7. The van der Waals surface area contributed by atoms with Crippen LogP contribution in [-0.2, 0) is 11.2 Å². The quantitative estimate of drug-likeness (QED) is 0.908. The van der Waals surface area contributed by atoms with Gasteiger partial charge in [0.15, 0.2) is 0 Å². The third-order valence-electron chi connectivity index (χ3n) is 2.20. The predicted octanol–water partition coefficient (Wildman–Crippen LogP) is 2.47. The van der Waals surface area contributed by atoms with Crippen molar-refractivity contribution in [3.8, 4) is 11.3 Å². The number of nitrogens with one attached hydrogen (secondary N) is 1. The van der Waals surface area contributed by atoms with E-state index in [1.165, 1.54) is 0 Å². The molecule has 0 amide bonds. The number of benzene rings is 1. The molecule has 16 heavy (non-hydrogen) atoms. The van der Waals surface area contributed by atoms with Crippen LogP contribution in [0.3, 0.4) is 0 Å². The molecule has 1 heterocycles. The molecule has 0 aliphatic rings. The Labute approximate surface area is 100 Å². The molecule has 2 aromatic rings. The first-order chi connectivity index (χ1) is 7.68. The molecule has 0 spiro atoms. The molecule has 2 rings (SSSR count). The lowest BCUT2D eigenvalue weighted by Gasteiger charge is -2.03. The molecule has 4 nitrogen and oxygen atoms in total. The van der Waals surface area contributed by atoms with Crippen molar-refractivity contribution in [2.24, 2.45) is 0 Å². The molecule has 0 unspecified atom stereocenters. The Morgan fingerprint density at radius 1 is 1.44 bits per heavy atom. The van der Waals surface area contributed by atoms with Gasteiger partial charge in [0.1, 0.15) is 0 Å². The Morgan fingerprint density at radius 2 is 2.19 bits per heavy atom. The first-order valence-corrected chi connectivity index (χ1v) is 5.46. The number of aromatic nitrogens is 2. The van der Waals surface area contributed by atoms with E-state index >= 15 is 0 Å². The molecule has 82 valence electrons. The monoisotopic (exact) mass is 280 g/mol. The molecule has 5 heteroatoms. The van der Waals surface area contributed by atoms with Gasteiger partial charge in [-0.3, -0.25) is 9.89 Å². The molecule has 0 fully saturated rings. The number of rotatable bonds is 3. The minimum Gasteiger partial charge on any atom is -0.481 e. The van der Waals surface area contributed by atoms with Crippen LogP contribution in [-0.4, -0.2) is 21.3 Å². The second kappa shape index (κ2) is 4.49. The molecule has 0 saturated carbocycles. The Hall–Kier alpha value is -1.62. The number of carboxylic acids is 1. The van der Waals surface area contributed by atoms with E-state index in [-0.39, 0.29) is 6.42 Å². The zero-order valence-electron chi connectivity index (χ0n) is 8.27. The number of halogens is 1. The number of nitrogens with zero attached hydrogens (tertiary/aromatic N) is 1. The van der Waals surface area contributed by atoms with E-state index in [9.17, 15) is 4.79 Å². The van der Waals surface area contributed by atoms with Gasteiger partial charge in [-0.25, -0.2) is 0 Å². The highest BCUT2D eigenvalue weighted by atomic mass is 79.9. The largest absolute Gasteiger partial charge is 0.481 e. The molecule has 0 radical (unpaired) electrons. The Kier molecular flexibility index (Phi) is 3.05. The maximum Gasteiger partial charge on any atom is 0.307 e. The van der Waals surface area contributed by atoms with Gasteiger partial charge in [0.25, 0.3) is 0 Å². The van der Waals surface area contributed by atoms with E-state index in [1.54, 1.807) is 6.20 Å². The lowest BCUT2D eigenvalue weighted by Crippen LogP contribution is -2.00. The smallest absolute Gasteiger partial charge is 0.307 e. The summed E-state index contributed by atoms with van der Waals surface area (Å²) in [5.41, 5.74) is 2.34. The van der Waals surface area contributed by atoms with Gasteiger partial charge in [0, 0.05) is 15.6 Å². The summed E-state index contributed by atoms with van der Waals surface area (Å²) in [7, 11) is 0. The second-order valence-corrected chi connectivity index (χ2v) is 4.17. The molecule has 0 bridgehead atoms. The summed E-state index contributed by atoms with van der Waals surface area (Å²) in [4.78, 5) is 10.7. The summed E-state index contributed by atoms with van der Waals surface area (Å²) in [6, 6.07) is 7.61. The highest BCUT2D eigenvalue weighted by molar-refractivity contribution is 9.10. The first-order valence-electron chi connectivity index (χ1n) is 4.67. The highest BCUT2D eigenvalue weighted by Crippen LogP contribution is 2.28. The summed E-state index contributed by atoms with van der Waals surface area (Å²) < 4.78 is 0.908. The average Bonchev–Trinajstić information content (AvgIpc) is 2.66. The first kappa shape index (κ1) is 10.9. The number of carbonyl (C=O) groups is 1. The third kappa shape index (κ3) is 2.14. The Balaban J connectivity index is 2.45. The summed E-state index contributed by atoms with van der Waals surface area (Å²) in [6.07, 6.45) is 1.51. The van der Waals surface area contributed by atoms with E-state index in [1.807, 2.05) is 24.3 Å². The summed E-state index contributed by atoms with van der Waals surface area (Å²) in [5, 5.41) is 15.5. The zero-order chi connectivity index (χ0) is 11.5. The van der Waals surface area contributed by atoms with Crippen molar-refractivity contribution in [3.05, 3.63) is 40.5 Å². The van der Waals surface area contributed by atoms with E-state index in [4.69, 9.17) is 5.11 Å². The van der Waals surface area contributed by atoms with Gasteiger partial charge in [-0.15, -0.1) is 0 Å².